The molecule has 2 aromatic carbocycles. The Hall–Kier alpha value is -3.07. The van der Waals surface area contributed by atoms with Gasteiger partial charge in [0.15, 0.2) is 0 Å². The highest BCUT2D eigenvalue weighted by molar-refractivity contribution is 7.92. The zero-order chi connectivity index (χ0) is 21.7. The van der Waals surface area contributed by atoms with Gasteiger partial charge in [-0.3, -0.25) is 13.9 Å². The molecule has 2 aromatic rings. The number of nitrogens with zero attached hydrogens (tertiary/aromatic N) is 1. The maximum Gasteiger partial charge on any atom is 0.313 e. The van der Waals surface area contributed by atoms with Gasteiger partial charge in [0.05, 0.1) is 24.6 Å². The summed E-state index contributed by atoms with van der Waals surface area (Å²) in [7, 11) is -1.97. The van der Waals surface area contributed by atoms with E-state index in [1.54, 1.807) is 19.1 Å². The van der Waals surface area contributed by atoms with E-state index in [0.717, 1.165) is 12.0 Å². The van der Waals surface area contributed by atoms with E-state index in [4.69, 9.17) is 4.74 Å². The molecule has 1 saturated heterocycles. The van der Waals surface area contributed by atoms with Crippen molar-refractivity contribution in [2.75, 3.05) is 29.0 Å². The summed E-state index contributed by atoms with van der Waals surface area (Å²) < 4.78 is 31.4. The van der Waals surface area contributed by atoms with E-state index < -0.39 is 21.8 Å². The lowest BCUT2D eigenvalue weighted by Gasteiger charge is -2.29. The smallest absolute Gasteiger partial charge is 0.313 e. The molecule has 1 atom stereocenters. The minimum absolute atomic E-state index is 0.0917. The highest BCUT2D eigenvalue weighted by atomic mass is 32.2. The Morgan fingerprint density at radius 1 is 1.07 bits per heavy atom. The second kappa shape index (κ2) is 9.17. The first kappa shape index (κ1) is 21.6. The maximum atomic E-state index is 12.4. The van der Waals surface area contributed by atoms with Crippen molar-refractivity contribution >= 4 is 33.2 Å². The van der Waals surface area contributed by atoms with Crippen LogP contribution in [0.2, 0.25) is 0 Å². The summed E-state index contributed by atoms with van der Waals surface area (Å²) in [5, 5.41) is 5.17. The number of hydrogen-bond acceptors (Lipinski definition) is 5. The summed E-state index contributed by atoms with van der Waals surface area (Å²) >= 11 is 0. The van der Waals surface area contributed by atoms with Gasteiger partial charge in [-0.1, -0.05) is 30.3 Å². The Labute approximate surface area is 176 Å². The van der Waals surface area contributed by atoms with Crippen molar-refractivity contribution in [2.24, 2.45) is 0 Å². The fourth-order valence-corrected chi connectivity index (χ4v) is 4.94. The minimum atomic E-state index is -3.40. The highest BCUT2D eigenvalue weighted by Gasteiger charge is 2.28. The van der Waals surface area contributed by atoms with Crippen molar-refractivity contribution < 1.29 is 22.7 Å². The Balaban J connectivity index is 1.70. The van der Waals surface area contributed by atoms with E-state index in [9.17, 15) is 18.0 Å². The fourth-order valence-electron chi connectivity index (χ4n) is 3.30. The van der Waals surface area contributed by atoms with Gasteiger partial charge in [-0.05, 0) is 37.5 Å². The number of amides is 2. The Morgan fingerprint density at radius 2 is 1.80 bits per heavy atom. The molecule has 160 valence electrons. The zero-order valence-corrected chi connectivity index (χ0v) is 17.7. The number of carbonyl (C=O) groups is 2. The molecule has 1 aliphatic heterocycles. The molecule has 0 aliphatic carbocycles. The molecule has 3 rings (SSSR count). The molecule has 0 spiro atoms. The van der Waals surface area contributed by atoms with Gasteiger partial charge in [-0.25, -0.2) is 8.42 Å². The molecule has 0 unspecified atom stereocenters. The van der Waals surface area contributed by atoms with Gasteiger partial charge in [0, 0.05) is 18.3 Å². The topological polar surface area (TPSA) is 105 Å². The summed E-state index contributed by atoms with van der Waals surface area (Å²) in [5.41, 5.74) is 1.63. The maximum absolute atomic E-state index is 12.4. The average molecular weight is 432 g/mol. The molecular formula is C21H25N3O5S. The lowest BCUT2D eigenvalue weighted by atomic mass is 10.1. The third kappa shape index (κ3) is 4.91. The van der Waals surface area contributed by atoms with Crippen LogP contribution in [0.4, 0.5) is 11.4 Å². The molecule has 0 bridgehead atoms. The first-order valence-corrected chi connectivity index (χ1v) is 11.3. The van der Waals surface area contributed by atoms with E-state index in [-0.39, 0.29) is 11.8 Å². The van der Waals surface area contributed by atoms with E-state index in [2.05, 4.69) is 10.6 Å². The van der Waals surface area contributed by atoms with Crippen LogP contribution in [-0.2, 0) is 19.6 Å². The van der Waals surface area contributed by atoms with E-state index >= 15 is 0 Å². The predicted octanol–water partition coefficient (Wildman–Crippen LogP) is 2.44. The zero-order valence-electron chi connectivity index (χ0n) is 16.9. The molecule has 0 aromatic heterocycles. The number of rotatable bonds is 5. The molecule has 0 radical (unpaired) electrons. The first-order valence-electron chi connectivity index (χ1n) is 9.67. The highest BCUT2D eigenvalue weighted by Crippen LogP contribution is 2.34. The molecule has 1 fully saturated rings. The number of sulfonamides is 1. The van der Waals surface area contributed by atoms with Crippen LogP contribution in [0.1, 0.15) is 31.4 Å². The predicted molar refractivity (Wildman–Crippen MR) is 115 cm³/mol. The summed E-state index contributed by atoms with van der Waals surface area (Å²) in [6.45, 7) is 2.17. The second-order valence-electron chi connectivity index (χ2n) is 7.04. The van der Waals surface area contributed by atoms with Crippen LogP contribution in [0.15, 0.2) is 48.5 Å². The van der Waals surface area contributed by atoms with E-state index in [0.29, 0.717) is 30.1 Å². The van der Waals surface area contributed by atoms with E-state index in [1.807, 2.05) is 30.3 Å². The lowest BCUT2D eigenvalue weighted by Crippen LogP contribution is -2.38. The van der Waals surface area contributed by atoms with Crippen molar-refractivity contribution in [1.82, 2.24) is 5.32 Å². The Kier molecular flexibility index (Phi) is 6.61. The lowest BCUT2D eigenvalue weighted by molar-refractivity contribution is -0.136. The Bertz CT molecular complexity index is 1020. The third-order valence-electron chi connectivity index (χ3n) is 4.91. The fraction of sp³-hybridized carbons (Fsp3) is 0.333. The molecule has 1 aliphatic rings. The van der Waals surface area contributed by atoms with Crippen molar-refractivity contribution in [3.05, 3.63) is 54.1 Å². The van der Waals surface area contributed by atoms with Crippen molar-refractivity contribution in [3.8, 4) is 5.75 Å². The number of ether oxygens (including phenoxy) is 1. The molecule has 1 heterocycles. The van der Waals surface area contributed by atoms with Gasteiger partial charge in [-0.15, -0.1) is 0 Å². The molecule has 30 heavy (non-hydrogen) atoms. The number of nitrogens with one attached hydrogen (secondary N) is 2. The van der Waals surface area contributed by atoms with Crippen LogP contribution >= 0.6 is 0 Å². The van der Waals surface area contributed by atoms with Gasteiger partial charge >= 0.3 is 11.8 Å². The SMILES string of the molecule is COc1cc(NC(=O)C(=O)N[C@@H](C)c2ccccc2)ccc1N1CCCCS1(=O)=O. The number of hydrogen-bond donors (Lipinski definition) is 2. The number of anilines is 2. The molecule has 2 amide bonds. The Morgan fingerprint density at radius 3 is 2.47 bits per heavy atom. The van der Waals surface area contributed by atoms with Gasteiger partial charge < -0.3 is 15.4 Å². The van der Waals surface area contributed by atoms with E-state index in [1.165, 1.54) is 17.5 Å². The van der Waals surface area contributed by atoms with Crippen molar-refractivity contribution in [2.45, 2.75) is 25.8 Å². The normalized spacial score (nSPS) is 16.4. The van der Waals surface area contributed by atoms with Crippen LogP contribution < -0.4 is 19.7 Å². The molecule has 2 N–H and O–H groups in total. The third-order valence-corrected chi connectivity index (χ3v) is 6.76. The van der Waals surface area contributed by atoms with Crippen LogP contribution in [0, 0.1) is 0 Å². The standard InChI is InChI=1S/C21H25N3O5S/c1-15(16-8-4-3-5-9-16)22-20(25)21(26)23-17-10-11-18(19(14-17)29-2)24-12-6-7-13-30(24,27)28/h3-5,8-11,14-15H,6-7,12-13H2,1-2H3,(H,22,25)(H,23,26)/t15-/m0/s1. The van der Waals surface area contributed by atoms with Crippen LogP contribution in [0.3, 0.4) is 0 Å². The van der Waals surface area contributed by atoms with Crippen LogP contribution in [0.5, 0.6) is 5.75 Å². The summed E-state index contributed by atoms with van der Waals surface area (Å²) in [5.74, 6) is -1.20. The van der Waals surface area contributed by atoms with Gasteiger partial charge in [-0.2, -0.15) is 0 Å². The minimum Gasteiger partial charge on any atom is -0.494 e. The number of carbonyl (C=O) groups excluding carboxylic acids is 2. The second-order valence-corrected chi connectivity index (χ2v) is 9.05. The molecule has 8 nitrogen and oxygen atoms in total. The van der Waals surface area contributed by atoms with Crippen LogP contribution in [-0.4, -0.2) is 39.6 Å². The summed E-state index contributed by atoms with van der Waals surface area (Å²) in [6.07, 6.45) is 1.40. The largest absolute Gasteiger partial charge is 0.494 e. The van der Waals surface area contributed by atoms with Gasteiger partial charge in [0.2, 0.25) is 10.0 Å². The average Bonchev–Trinajstić information content (AvgIpc) is 2.74. The van der Waals surface area contributed by atoms with Crippen molar-refractivity contribution in [3.63, 3.8) is 0 Å². The van der Waals surface area contributed by atoms with Crippen molar-refractivity contribution in [1.29, 1.82) is 0 Å². The van der Waals surface area contributed by atoms with Gasteiger partial charge in [0.25, 0.3) is 0 Å². The quantitative estimate of drug-likeness (QED) is 0.708. The van der Waals surface area contributed by atoms with Gasteiger partial charge in [0.1, 0.15) is 5.75 Å². The number of benzene rings is 2. The number of methoxy groups -OCH3 is 1. The molecular weight excluding hydrogens is 406 g/mol. The van der Waals surface area contributed by atoms with Crippen LogP contribution in [0.25, 0.3) is 0 Å². The molecule has 0 saturated carbocycles. The monoisotopic (exact) mass is 431 g/mol. The molecule has 9 heteroatoms. The summed E-state index contributed by atoms with van der Waals surface area (Å²) in [4.78, 5) is 24.5. The summed E-state index contributed by atoms with van der Waals surface area (Å²) in [6, 6.07) is 13.6. The first-order chi connectivity index (χ1) is 14.3.